The third-order valence-electron chi connectivity index (χ3n) is 2.01. The molecule has 0 aliphatic rings. The van der Waals surface area contributed by atoms with Gasteiger partial charge in [-0.05, 0) is 6.92 Å². The summed E-state index contributed by atoms with van der Waals surface area (Å²) in [6.07, 6.45) is 0. The summed E-state index contributed by atoms with van der Waals surface area (Å²) in [6, 6.07) is -0.508. The van der Waals surface area contributed by atoms with Crippen molar-refractivity contribution in [2.24, 2.45) is 5.92 Å². The van der Waals surface area contributed by atoms with Crippen molar-refractivity contribution in [3.05, 3.63) is 0 Å². The highest BCUT2D eigenvalue weighted by Gasteiger charge is 2.17. The number of amides is 2. The highest BCUT2D eigenvalue weighted by atomic mass is 16.5. The predicted molar refractivity (Wildman–Crippen MR) is 59.5 cm³/mol. The number of hydrogen-bond donors (Lipinski definition) is 2. The number of nitrogens with one attached hydrogen (secondary N) is 1. The molecule has 2 amide bonds. The topological polar surface area (TPSA) is 95.9 Å². The fourth-order valence-electron chi connectivity index (χ4n) is 1.07. The smallest absolute Gasteiger partial charge is 0.325 e. The number of urea groups is 1. The van der Waals surface area contributed by atoms with E-state index in [0.717, 1.165) is 0 Å². The van der Waals surface area contributed by atoms with Crippen LogP contribution in [0.25, 0.3) is 0 Å². The first-order chi connectivity index (χ1) is 7.88. The van der Waals surface area contributed by atoms with Crippen LogP contribution in [-0.4, -0.2) is 54.7 Å². The van der Waals surface area contributed by atoms with Crippen LogP contribution in [0.1, 0.15) is 13.8 Å². The zero-order chi connectivity index (χ0) is 13.4. The second-order valence-electron chi connectivity index (χ2n) is 3.58. The minimum Gasteiger partial charge on any atom is -0.481 e. The van der Waals surface area contributed by atoms with E-state index in [0.29, 0.717) is 0 Å². The molecule has 1 unspecified atom stereocenters. The molecule has 0 aromatic heterocycles. The number of esters is 1. The van der Waals surface area contributed by atoms with Gasteiger partial charge in [-0.2, -0.15) is 0 Å². The van der Waals surface area contributed by atoms with Gasteiger partial charge in [0.2, 0.25) is 0 Å². The zero-order valence-corrected chi connectivity index (χ0v) is 10.2. The SMILES string of the molecule is CCOC(=O)CNC(=O)N(C)CC(C)C(=O)O. The number of carboxylic acid groups (broad SMARTS) is 1. The van der Waals surface area contributed by atoms with Crippen LogP contribution in [-0.2, 0) is 14.3 Å². The third kappa shape index (κ3) is 6.39. The summed E-state index contributed by atoms with van der Waals surface area (Å²) < 4.78 is 4.63. The molecule has 7 nitrogen and oxygen atoms in total. The molecule has 0 aliphatic heterocycles. The van der Waals surface area contributed by atoms with Crippen LogP contribution in [0.2, 0.25) is 0 Å². The van der Waals surface area contributed by atoms with Crippen LogP contribution in [0.3, 0.4) is 0 Å². The highest BCUT2D eigenvalue weighted by molar-refractivity contribution is 5.81. The molecule has 0 fully saturated rings. The lowest BCUT2D eigenvalue weighted by Gasteiger charge is -2.19. The number of aliphatic carboxylic acids is 1. The number of carbonyl (C=O) groups excluding carboxylic acids is 2. The van der Waals surface area contributed by atoms with E-state index >= 15 is 0 Å². The van der Waals surface area contributed by atoms with Crippen molar-refractivity contribution in [2.75, 3.05) is 26.7 Å². The zero-order valence-electron chi connectivity index (χ0n) is 10.2. The Bertz CT molecular complexity index is 292. The fraction of sp³-hybridized carbons (Fsp3) is 0.700. The molecule has 0 bridgehead atoms. The predicted octanol–water partition coefficient (Wildman–Crippen LogP) is -0.0884. The lowest BCUT2D eigenvalue weighted by atomic mass is 10.2. The van der Waals surface area contributed by atoms with Crippen molar-refractivity contribution in [3.8, 4) is 0 Å². The van der Waals surface area contributed by atoms with Crippen LogP contribution in [0.15, 0.2) is 0 Å². The largest absolute Gasteiger partial charge is 0.481 e. The second kappa shape index (κ2) is 7.48. The maximum Gasteiger partial charge on any atom is 0.325 e. The molecule has 0 rings (SSSR count). The maximum absolute atomic E-state index is 11.4. The minimum absolute atomic E-state index is 0.0734. The molecule has 17 heavy (non-hydrogen) atoms. The molecule has 0 aromatic rings. The Hall–Kier alpha value is -1.79. The van der Waals surface area contributed by atoms with Crippen LogP contribution in [0.5, 0.6) is 0 Å². The summed E-state index contributed by atoms with van der Waals surface area (Å²) in [5, 5.41) is 11.0. The average molecular weight is 246 g/mol. The van der Waals surface area contributed by atoms with E-state index < -0.39 is 23.9 Å². The molecule has 0 radical (unpaired) electrons. The summed E-state index contributed by atoms with van der Waals surface area (Å²) in [5.41, 5.74) is 0. The maximum atomic E-state index is 11.4. The van der Waals surface area contributed by atoms with Crippen LogP contribution < -0.4 is 5.32 Å². The van der Waals surface area contributed by atoms with E-state index in [2.05, 4.69) is 10.1 Å². The van der Waals surface area contributed by atoms with E-state index in [1.807, 2.05) is 0 Å². The summed E-state index contributed by atoms with van der Waals surface area (Å²) in [4.78, 5) is 34.2. The van der Waals surface area contributed by atoms with Gasteiger partial charge in [0, 0.05) is 13.6 Å². The summed E-state index contributed by atoms with van der Waals surface area (Å²) in [7, 11) is 1.46. The van der Waals surface area contributed by atoms with Crippen molar-refractivity contribution in [1.29, 1.82) is 0 Å². The van der Waals surface area contributed by atoms with E-state index in [1.54, 1.807) is 6.92 Å². The van der Waals surface area contributed by atoms with Crippen LogP contribution >= 0.6 is 0 Å². The first-order valence-corrected chi connectivity index (χ1v) is 5.25. The molecule has 0 aliphatic carbocycles. The van der Waals surface area contributed by atoms with Gasteiger partial charge in [-0.3, -0.25) is 9.59 Å². The molecule has 0 saturated carbocycles. The minimum atomic E-state index is -0.977. The quantitative estimate of drug-likeness (QED) is 0.639. The molecular weight excluding hydrogens is 228 g/mol. The van der Waals surface area contributed by atoms with Gasteiger partial charge in [-0.1, -0.05) is 6.92 Å². The Labute approximate surface area is 99.7 Å². The molecule has 2 N–H and O–H groups in total. The van der Waals surface area contributed by atoms with Gasteiger partial charge < -0.3 is 20.1 Å². The molecular formula is C10H18N2O5. The van der Waals surface area contributed by atoms with Gasteiger partial charge in [0.1, 0.15) is 6.54 Å². The lowest BCUT2D eigenvalue weighted by Crippen LogP contribution is -2.42. The highest BCUT2D eigenvalue weighted by Crippen LogP contribution is 1.98. The van der Waals surface area contributed by atoms with Gasteiger partial charge in [-0.15, -0.1) is 0 Å². The van der Waals surface area contributed by atoms with Gasteiger partial charge in [0.05, 0.1) is 12.5 Å². The van der Waals surface area contributed by atoms with Crippen molar-refractivity contribution in [1.82, 2.24) is 10.2 Å². The Kier molecular flexibility index (Phi) is 6.69. The van der Waals surface area contributed by atoms with E-state index in [9.17, 15) is 14.4 Å². The first kappa shape index (κ1) is 15.2. The van der Waals surface area contributed by atoms with Gasteiger partial charge in [0.15, 0.2) is 0 Å². The summed E-state index contributed by atoms with van der Waals surface area (Å²) >= 11 is 0. The van der Waals surface area contributed by atoms with Crippen molar-refractivity contribution >= 4 is 18.0 Å². The molecule has 98 valence electrons. The number of carboxylic acids is 1. The average Bonchev–Trinajstić information content (AvgIpc) is 2.25. The Morgan fingerprint density at radius 1 is 1.41 bits per heavy atom. The summed E-state index contributed by atoms with van der Waals surface area (Å²) in [5.74, 6) is -2.16. The molecule has 0 heterocycles. The Balaban J connectivity index is 3.97. The standard InChI is InChI=1S/C10H18N2O5/c1-4-17-8(13)5-11-10(16)12(3)6-7(2)9(14)15/h7H,4-6H2,1-3H3,(H,11,16)(H,14,15). The molecule has 0 spiro atoms. The molecule has 1 atom stereocenters. The Morgan fingerprint density at radius 2 is 2.00 bits per heavy atom. The number of nitrogens with zero attached hydrogens (tertiary/aromatic N) is 1. The second-order valence-corrected chi connectivity index (χ2v) is 3.58. The lowest BCUT2D eigenvalue weighted by molar-refractivity contribution is -0.142. The number of hydrogen-bond acceptors (Lipinski definition) is 4. The summed E-state index contributed by atoms with van der Waals surface area (Å²) in [6.45, 7) is 3.26. The third-order valence-corrected chi connectivity index (χ3v) is 2.01. The number of carbonyl (C=O) groups is 3. The van der Waals surface area contributed by atoms with E-state index in [-0.39, 0.29) is 19.7 Å². The van der Waals surface area contributed by atoms with Gasteiger partial charge in [0.25, 0.3) is 0 Å². The van der Waals surface area contributed by atoms with E-state index in [1.165, 1.54) is 18.9 Å². The van der Waals surface area contributed by atoms with Crippen molar-refractivity contribution in [2.45, 2.75) is 13.8 Å². The van der Waals surface area contributed by atoms with Crippen LogP contribution in [0, 0.1) is 5.92 Å². The van der Waals surface area contributed by atoms with Gasteiger partial charge in [-0.25, -0.2) is 4.79 Å². The number of ether oxygens (including phenoxy) is 1. The Morgan fingerprint density at radius 3 is 2.47 bits per heavy atom. The van der Waals surface area contributed by atoms with E-state index in [4.69, 9.17) is 5.11 Å². The molecule has 0 saturated heterocycles. The number of rotatable bonds is 6. The van der Waals surface area contributed by atoms with Gasteiger partial charge >= 0.3 is 18.0 Å². The van der Waals surface area contributed by atoms with Crippen molar-refractivity contribution < 1.29 is 24.2 Å². The normalized spacial score (nSPS) is 11.5. The first-order valence-electron chi connectivity index (χ1n) is 5.25. The molecule has 0 aromatic carbocycles. The van der Waals surface area contributed by atoms with Crippen LogP contribution in [0.4, 0.5) is 4.79 Å². The van der Waals surface area contributed by atoms with Crippen molar-refractivity contribution in [3.63, 3.8) is 0 Å². The molecule has 7 heteroatoms. The fourth-order valence-corrected chi connectivity index (χ4v) is 1.07. The monoisotopic (exact) mass is 246 g/mol.